The lowest BCUT2D eigenvalue weighted by Crippen LogP contribution is -2.15. The van der Waals surface area contributed by atoms with E-state index in [1.54, 1.807) is 18.3 Å². The number of hydrogen-bond donors (Lipinski definition) is 2. The van der Waals surface area contributed by atoms with E-state index in [0.717, 1.165) is 9.26 Å². The fourth-order valence-electron chi connectivity index (χ4n) is 1.58. The zero-order chi connectivity index (χ0) is 13.8. The average Bonchev–Trinajstić information content (AvgIpc) is 2.37. The van der Waals surface area contributed by atoms with Crippen molar-refractivity contribution in [2.45, 2.75) is 13.3 Å². The predicted molar refractivity (Wildman–Crippen MR) is 84.9 cm³/mol. The van der Waals surface area contributed by atoms with E-state index in [4.69, 9.17) is 5.73 Å². The number of carbonyl (C=O) groups excluding carboxylic acids is 1. The molecule has 2 aromatic rings. The third-order valence-electron chi connectivity index (χ3n) is 2.64. The molecule has 4 nitrogen and oxygen atoms in total. The number of nitrogens with zero attached hydrogens (tertiary/aromatic N) is 1. The van der Waals surface area contributed by atoms with Crippen LogP contribution in [0.15, 0.2) is 36.5 Å². The molecule has 0 spiro atoms. The number of carbonyl (C=O) groups is 1. The zero-order valence-corrected chi connectivity index (χ0v) is 12.6. The molecular formula is C14H14IN3O. The van der Waals surface area contributed by atoms with Crippen LogP contribution in [0, 0.1) is 10.5 Å². The number of anilines is 2. The van der Waals surface area contributed by atoms with E-state index in [2.05, 4.69) is 32.9 Å². The summed E-state index contributed by atoms with van der Waals surface area (Å²) in [5.41, 5.74) is 8.84. The van der Waals surface area contributed by atoms with Gasteiger partial charge in [0.2, 0.25) is 5.91 Å². The van der Waals surface area contributed by atoms with Gasteiger partial charge in [0.1, 0.15) is 0 Å². The summed E-state index contributed by atoms with van der Waals surface area (Å²) < 4.78 is 1.13. The van der Waals surface area contributed by atoms with E-state index >= 15 is 0 Å². The van der Waals surface area contributed by atoms with Crippen molar-refractivity contribution < 1.29 is 4.79 Å². The molecule has 2 rings (SSSR count). The molecule has 1 heterocycles. The summed E-state index contributed by atoms with van der Waals surface area (Å²) in [5.74, 6) is -0.0862. The summed E-state index contributed by atoms with van der Waals surface area (Å²) in [6.45, 7) is 2.03. The number of rotatable bonds is 3. The summed E-state index contributed by atoms with van der Waals surface area (Å²) in [6, 6.07) is 9.33. The first-order valence-electron chi connectivity index (χ1n) is 5.81. The number of aryl methyl sites for hydroxylation is 1. The van der Waals surface area contributed by atoms with Gasteiger partial charge in [0, 0.05) is 15.0 Å². The first kappa shape index (κ1) is 13.8. The number of pyridine rings is 1. The van der Waals surface area contributed by atoms with Gasteiger partial charge in [-0.1, -0.05) is 6.07 Å². The summed E-state index contributed by atoms with van der Waals surface area (Å²) in [5, 5.41) is 2.86. The van der Waals surface area contributed by atoms with Crippen LogP contribution >= 0.6 is 22.6 Å². The van der Waals surface area contributed by atoms with E-state index in [0.29, 0.717) is 11.4 Å². The lowest BCUT2D eigenvalue weighted by atomic mass is 10.2. The van der Waals surface area contributed by atoms with Gasteiger partial charge >= 0.3 is 0 Å². The fraction of sp³-hybridized carbons (Fsp3) is 0.143. The maximum Gasteiger partial charge on any atom is 0.230 e. The fourth-order valence-corrected chi connectivity index (χ4v) is 2.10. The molecule has 0 atom stereocenters. The van der Waals surface area contributed by atoms with E-state index in [1.807, 2.05) is 25.1 Å². The zero-order valence-electron chi connectivity index (χ0n) is 10.5. The van der Waals surface area contributed by atoms with Crippen molar-refractivity contribution in [3.8, 4) is 0 Å². The van der Waals surface area contributed by atoms with Gasteiger partial charge in [-0.3, -0.25) is 9.78 Å². The molecule has 0 aliphatic heterocycles. The molecule has 1 amide bonds. The summed E-state index contributed by atoms with van der Waals surface area (Å²) >= 11 is 2.25. The molecule has 0 unspecified atom stereocenters. The second-order valence-corrected chi connectivity index (χ2v) is 5.43. The van der Waals surface area contributed by atoms with Gasteiger partial charge in [0.05, 0.1) is 18.3 Å². The Balaban J connectivity index is 2.01. The van der Waals surface area contributed by atoms with Crippen LogP contribution in [0.2, 0.25) is 0 Å². The summed E-state index contributed by atoms with van der Waals surface area (Å²) in [7, 11) is 0. The van der Waals surface area contributed by atoms with Crippen LogP contribution in [-0.4, -0.2) is 10.9 Å². The van der Waals surface area contributed by atoms with Crippen molar-refractivity contribution in [3.05, 3.63) is 51.4 Å². The van der Waals surface area contributed by atoms with Crippen LogP contribution in [0.1, 0.15) is 11.3 Å². The van der Waals surface area contributed by atoms with Gasteiger partial charge in [0.15, 0.2) is 0 Å². The van der Waals surface area contributed by atoms with Crippen LogP contribution in [0.25, 0.3) is 0 Å². The Hall–Kier alpha value is -1.63. The Kier molecular flexibility index (Phi) is 4.36. The molecule has 3 N–H and O–H groups in total. The monoisotopic (exact) mass is 367 g/mol. The van der Waals surface area contributed by atoms with Crippen molar-refractivity contribution in [3.63, 3.8) is 0 Å². The summed E-state index contributed by atoms with van der Waals surface area (Å²) in [4.78, 5) is 16.0. The molecule has 0 saturated heterocycles. The number of nitrogens with one attached hydrogen (secondary N) is 1. The highest BCUT2D eigenvalue weighted by atomic mass is 127. The molecule has 1 aromatic heterocycles. The van der Waals surface area contributed by atoms with E-state index < -0.39 is 0 Å². The first-order chi connectivity index (χ1) is 9.04. The molecule has 0 aliphatic rings. The van der Waals surface area contributed by atoms with Gasteiger partial charge < -0.3 is 11.1 Å². The highest BCUT2D eigenvalue weighted by Gasteiger charge is 2.06. The average molecular weight is 367 g/mol. The van der Waals surface area contributed by atoms with Crippen molar-refractivity contribution >= 4 is 39.9 Å². The highest BCUT2D eigenvalue weighted by Crippen LogP contribution is 2.17. The Morgan fingerprint density at radius 2 is 2.16 bits per heavy atom. The summed E-state index contributed by atoms with van der Waals surface area (Å²) in [6.07, 6.45) is 1.79. The number of aromatic nitrogens is 1. The Labute approximate surface area is 125 Å². The highest BCUT2D eigenvalue weighted by molar-refractivity contribution is 14.1. The Morgan fingerprint density at radius 3 is 2.79 bits per heavy atom. The molecule has 19 heavy (non-hydrogen) atoms. The molecular weight excluding hydrogens is 353 g/mol. The number of hydrogen-bond acceptors (Lipinski definition) is 3. The largest absolute Gasteiger partial charge is 0.397 e. The van der Waals surface area contributed by atoms with Crippen molar-refractivity contribution in [1.29, 1.82) is 0 Å². The van der Waals surface area contributed by atoms with E-state index in [9.17, 15) is 4.79 Å². The standard InChI is InChI=1S/C14H14IN3O/c1-9-2-4-12(6-13(9)15)18-14(19)7-11-5-3-10(16)8-17-11/h2-6,8H,7,16H2,1H3,(H,18,19). The van der Waals surface area contributed by atoms with Gasteiger partial charge in [0.25, 0.3) is 0 Å². The number of nitrogens with two attached hydrogens (primary N) is 1. The normalized spacial score (nSPS) is 10.2. The third-order valence-corrected chi connectivity index (χ3v) is 3.81. The minimum atomic E-state index is -0.0862. The van der Waals surface area contributed by atoms with Gasteiger partial charge in [-0.25, -0.2) is 0 Å². The number of nitrogen functional groups attached to an aromatic ring is 1. The number of halogens is 1. The maximum atomic E-state index is 11.9. The molecule has 0 saturated carbocycles. The van der Waals surface area contributed by atoms with Gasteiger partial charge in [-0.15, -0.1) is 0 Å². The number of amides is 1. The molecule has 0 bridgehead atoms. The molecule has 1 aromatic carbocycles. The Morgan fingerprint density at radius 1 is 1.37 bits per heavy atom. The second kappa shape index (κ2) is 6.01. The van der Waals surface area contributed by atoms with Crippen LogP contribution in [0.4, 0.5) is 11.4 Å². The number of benzene rings is 1. The predicted octanol–water partition coefficient (Wildman–Crippen LogP) is 2.76. The Bertz CT molecular complexity index is 596. The smallest absolute Gasteiger partial charge is 0.230 e. The van der Waals surface area contributed by atoms with Crippen molar-refractivity contribution in [1.82, 2.24) is 4.98 Å². The van der Waals surface area contributed by atoms with Crippen LogP contribution in [-0.2, 0) is 11.2 Å². The molecule has 0 radical (unpaired) electrons. The topological polar surface area (TPSA) is 68.0 Å². The minimum absolute atomic E-state index is 0.0862. The molecule has 0 fully saturated rings. The molecule has 98 valence electrons. The van der Waals surface area contributed by atoms with Crippen molar-refractivity contribution in [2.24, 2.45) is 0 Å². The van der Waals surface area contributed by atoms with E-state index in [1.165, 1.54) is 5.56 Å². The first-order valence-corrected chi connectivity index (χ1v) is 6.89. The van der Waals surface area contributed by atoms with Gasteiger partial charge in [-0.2, -0.15) is 0 Å². The SMILES string of the molecule is Cc1ccc(NC(=O)Cc2ccc(N)cn2)cc1I. The minimum Gasteiger partial charge on any atom is -0.397 e. The van der Waals surface area contributed by atoms with Crippen molar-refractivity contribution in [2.75, 3.05) is 11.1 Å². The molecule has 0 aliphatic carbocycles. The quantitative estimate of drug-likeness (QED) is 0.820. The lowest BCUT2D eigenvalue weighted by molar-refractivity contribution is -0.115. The maximum absolute atomic E-state index is 11.9. The third kappa shape index (κ3) is 3.92. The van der Waals surface area contributed by atoms with E-state index in [-0.39, 0.29) is 12.3 Å². The molecule has 5 heteroatoms. The van der Waals surface area contributed by atoms with Crippen LogP contribution < -0.4 is 11.1 Å². The second-order valence-electron chi connectivity index (χ2n) is 4.27. The van der Waals surface area contributed by atoms with Crippen LogP contribution in [0.5, 0.6) is 0 Å². The van der Waals surface area contributed by atoms with Crippen LogP contribution in [0.3, 0.4) is 0 Å². The van der Waals surface area contributed by atoms with Gasteiger partial charge in [-0.05, 0) is 59.3 Å². The lowest BCUT2D eigenvalue weighted by Gasteiger charge is -2.07.